The first-order chi connectivity index (χ1) is 16.1. The predicted molar refractivity (Wildman–Crippen MR) is 121 cm³/mol. The molecule has 8 nitrogen and oxygen atoms in total. The van der Waals surface area contributed by atoms with Crippen LogP contribution in [0, 0.1) is 0 Å². The average molecular weight is 449 g/mol. The van der Waals surface area contributed by atoms with Gasteiger partial charge < -0.3 is 19.1 Å². The molecular formula is C25H28N4O4. The van der Waals surface area contributed by atoms with Gasteiger partial charge >= 0.3 is 0 Å². The molecule has 1 fully saturated rings. The van der Waals surface area contributed by atoms with Gasteiger partial charge in [0.2, 0.25) is 5.91 Å². The lowest BCUT2D eigenvalue weighted by atomic mass is 9.89. The van der Waals surface area contributed by atoms with E-state index in [1.54, 1.807) is 7.11 Å². The highest BCUT2D eigenvalue weighted by atomic mass is 16.5. The van der Waals surface area contributed by atoms with Crippen molar-refractivity contribution in [3.63, 3.8) is 0 Å². The molecule has 8 heteroatoms. The monoisotopic (exact) mass is 448 g/mol. The highest BCUT2D eigenvalue weighted by molar-refractivity contribution is 5.79. The molecule has 1 amide bonds. The Morgan fingerprint density at radius 3 is 2.55 bits per heavy atom. The normalized spacial score (nSPS) is 16.9. The third kappa shape index (κ3) is 4.71. The fourth-order valence-corrected chi connectivity index (χ4v) is 4.47. The number of rotatable bonds is 6. The number of ether oxygens (including phenoxy) is 3. The Kier molecular flexibility index (Phi) is 6.00. The molecule has 2 aliphatic rings. The predicted octanol–water partition coefficient (Wildman–Crippen LogP) is 3.00. The van der Waals surface area contributed by atoms with Crippen molar-refractivity contribution in [1.82, 2.24) is 19.9 Å². The molecule has 2 aliphatic heterocycles. The van der Waals surface area contributed by atoms with Crippen molar-refractivity contribution in [1.29, 1.82) is 0 Å². The van der Waals surface area contributed by atoms with Gasteiger partial charge in [0.1, 0.15) is 23.8 Å². The number of benzene rings is 2. The number of para-hydroxylation sites is 1. The van der Waals surface area contributed by atoms with Crippen LogP contribution in [0.25, 0.3) is 0 Å². The van der Waals surface area contributed by atoms with Gasteiger partial charge in [-0.05, 0) is 42.7 Å². The Bertz CT molecular complexity index is 1090. The molecule has 0 atom stereocenters. The molecule has 3 aromatic rings. The van der Waals surface area contributed by atoms with Crippen molar-refractivity contribution in [2.75, 3.05) is 20.2 Å². The molecule has 0 aliphatic carbocycles. The van der Waals surface area contributed by atoms with E-state index in [0.29, 0.717) is 39.3 Å². The molecule has 1 spiro atoms. The lowest BCUT2D eigenvalue weighted by Gasteiger charge is -2.43. The molecule has 0 bridgehead atoms. The molecule has 3 heterocycles. The van der Waals surface area contributed by atoms with E-state index in [2.05, 4.69) is 10.3 Å². The minimum atomic E-state index is -0.296. The smallest absolute Gasteiger partial charge is 0.226 e. The Morgan fingerprint density at radius 1 is 1.06 bits per heavy atom. The Balaban J connectivity index is 1.16. The van der Waals surface area contributed by atoms with Crippen LogP contribution in [0.2, 0.25) is 0 Å². The van der Waals surface area contributed by atoms with Crippen molar-refractivity contribution in [2.45, 2.75) is 44.6 Å². The third-order valence-electron chi connectivity index (χ3n) is 6.53. The summed E-state index contributed by atoms with van der Waals surface area (Å²) in [6.07, 6.45) is 1.98. The van der Waals surface area contributed by atoms with Gasteiger partial charge in [-0.1, -0.05) is 35.5 Å². The highest BCUT2D eigenvalue weighted by Crippen LogP contribution is 2.34. The van der Waals surface area contributed by atoms with Gasteiger partial charge in [-0.25, -0.2) is 4.68 Å². The van der Waals surface area contributed by atoms with Crippen molar-refractivity contribution >= 4 is 5.91 Å². The molecule has 0 unspecified atom stereocenters. The maximum absolute atomic E-state index is 12.8. The Hall–Kier alpha value is -3.39. The summed E-state index contributed by atoms with van der Waals surface area (Å²) in [5.74, 6) is 1.74. The van der Waals surface area contributed by atoms with E-state index in [4.69, 9.17) is 14.2 Å². The van der Waals surface area contributed by atoms with Gasteiger partial charge in [-0.3, -0.25) is 4.79 Å². The number of piperidine rings is 1. The second kappa shape index (κ2) is 9.23. The van der Waals surface area contributed by atoms with E-state index in [1.165, 1.54) is 0 Å². The lowest BCUT2D eigenvalue weighted by Crippen LogP contribution is -2.52. The minimum Gasteiger partial charge on any atom is -0.497 e. The number of carbonyl (C=O) groups is 1. The van der Waals surface area contributed by atoms with Crippen LogP contribution in [0.5, 0.6) is 11.5 Å². The Labute approximate surface area is 193 Å². The van der Waals surface area contributed by atoms with Gasteiger partial charge in [-0.2, -0.15) is 0 Å². The summed E-state index contributed by atoms with van der Waals surface area (Å²) in [5.41, 5.74) is 2.47. The molecule has 0 radical (unpaired) electrons. The van der Waals surface area contributed by atoms with Crippen LogP contribution >= 0.6 is 0 Å². The summed E-state index contributed by atoms with van der Waals surface area (Å²) in [6, 6.07) is 17.3. The zero-order chi connectivity index (χ0) is 22.7. The molecule has 0 N–H and O–H groups in total. The van der Waals surface area contributed by atoms with Crippen LogP contribution in [-0.4, -0.2) is 51.6 Å². The van der Waals surface area contributed by atoms with E-state index >= 15 is 0 Å². The van der Waals surface area contributed by atoms with Gasteiger partial charge in [-0.15, -0.1) is 5.10 Å². The summed E-state index contributed by atoms with van der Waals surface area (Å²) >= 11 is 0. The van der Waals surface area contributed by atoms with Gasteiger partial charge in [0.25, 0.3) is 0 Å². The first-order valence-electron chi connectivity index (χ1n) is 11.3. The van der Waals surface area contributed by atoms with Crippen molar-refractivity contribution in [2.24, 2.45) is 0 Å². The maximum Gasteiger partial charge on any atom is 0.226 e. The highest BCUT2D eigenvalue weighted by Gasteiger charge is 2.41. The number of aromatic nitrogens is 3. The first-order valence-corrected chi connectivity index (χ1v) is 11.3. The summed E-state index contributed by atoms with van der Waals surface area (Å²) in [6.45, 7) is 2.84. The Morgan fingerprint density at radius 2 is 1.82 bits per heavy atom. The van der Waals surface area contributed by atoms with Gasteiger partial charge in [0.05, 0.1) is 38.0 Å². The van der Waals surface area contributed by atoms with Gasteiger partial charge in [0, 0.05) is 13.1 Å². The summed E-state index contributed by atoms with van der Waals surface area (Å²) in [4.78, 5) is 14.7. The molecule has 1 aromatic heterocycles. The van der Waals surface area contributed by atoms with Crippen LogP contribution in [-0.2, 0) is 35.7 Å². The SMILES string of the molecule is COc1ccc(CC(=O)N2CCC3(CC2)Cn2nnc(COc4ccccc4)c2CO3)cc1. The summed E-state index contributed by atoms with van der Waals surface area (Å²) in [5, 5.41) is 8.69. The quantitative estimate of drug-likeness (QED) is 0.577. The molecule has 172 valence electrons. The summed E-state index contributed by atoms with van der Waals surface area (Å²) < 4.78 is 19.3. The van der Waals surface area contributed by atoms with Gasteiger partial charge in [0.15, 0.2) is 0 Å². The van der Waals surface area contributed by atoms with Crippen molar-refractivity contribution in [3.8, 4) is 11.5 Å². The first kappa shape index (κ1) is 21.5. The van der Waals surface area contributed by atoms with E-state index in [0.717, 1.165) is 41.3 Å². The summed E-state index contributed by atoms with van der Waals surface area (Å²) in [7, 11) is 1.64. The average Bonchev–Trinajstić information content (AvgIpc) is 3.26. The largest absolute Gasteiger partial charge is 0.497 e. The number of amides is 1. The van der Waals surface area contributed by atoms with E-state index in [9.17, 15) is 4.79 Å². The van der Waals surface area contributed by atoms with Crippen molar-refractivity contribution < 1.29 is 19.0 Å². The number of carbonyl (C=O) groups excluding carboxylic acids is 1. The zero-order valence-corrected chi connectivity index (χ0v) is 18.8. The van der Waals surface area contributed by atoms with Crippen LogP contribution in [0.4, 0.5) is 0 Å². The molecule has 1 saturated heterocycles. The van der Waals surface area contributed by atoms with E-state index < -0.39 is 0 Å². The molecule has 33 heavy (non-hydrogen) atoms. The minimum absolute atomic E-state index is 0.146. The number of hydrogen-bond donors (Lipinski definition) is 0. The lowest BCUT2D eigenvalue weighted by molar-refractivity contribution is -0.145. The topological polar surface area (TPSA) is 78.7 Å². The van der Waals surface area contributed by atoms with E-state index in [1.807, 2.05) is 64.2 Å². The van der Waals surface area contributed by atoms with Crippen LogP contribution in [0.1, 0.15) is 29.8 Å². The number of nitrogens with zero attached hydrogens (tertiary/aromatic N) is 4. The molecule has 2 aromatic carbocycles. The van der Waals surface area contributed by atoms with Crippen LogP contribution in [0.3, 0.4) is 0 Å². The number of likely N-dealkylation sites (tertiary alicyclic amines) is 1. The second-order valence-electron chi connectivity index (χ2n) is 8.62. The maximum atomic E-state index is 12.8. The number of methoxy groups -OCH3 is 1. The van der Waals surface area contributed by atoms with E-state index in [-0.39, 0.29) is 11.5 Å². The molecule has 0 saturated carbocycles. The standard InChI is InChI=1S/C25H28N4O4/c1-31-20-9-7-19(8-10-20)15-24(30)28-13-11-25(12-14-28)18-29-23(17-33-25)22(26-27-29)16-32-21-5-3-2-4-6-21/h2-10H,11-18H2,1H3. The third-order valence-corrected chi connectivity index (χ3v) is 6.53. The molecule has 5 rings (SSSR count). The molecular weight excluding hydrogens is 420 g/mol. The van der Waals surface area contributed by atoms with Crippen molar-refractivity contribution in [3.05, 3.63) is 71.5 Å². The van der Waals surface area contributed by atoms with Crippen LogP contribution < -0.4 is 9.47 Å². The fraction of sp³-hybridized carbons (Fsp3) is 0.400. The number of hydrogen-bond acceptors (Lipinski definition) is 6. The number of fused-ring (bicyclic) bond motifs is 1. The van der Waals surface area contributed by atoms with Crippen LogP contribution in [0.15, 0.2) is 54.6 Å². The zero-order valence-electron chi connectivity index (χ0n) is 18.8. The fourth-order valence-electron chi connectivity index (χ4n) is 4.47. The second-order valence-corrected chi connectivity index (χ2v) is 8.62.